The molecule has 9 nitrogen and oxygen atoms in total. The van der Waals surface area contributed by atoms with E-state index in [9.17, 15) is 0 Å². The molecule has 0 amide bonds. The van der Waals surface area contributed by atoms with Crippen LogP contribution in [0.3, 0.4) is 0 Å². The Morgan fingerprint density at radius 1 is 0.133 bits per heavy atom. The maximum atomic E-state index is 5.21. The van der Waals surface area contributed by atoms with E-state index in [0.717, 1.165) is 118 Å². The second-order valence-electron chi connectivity index (χ2n) is 36.6. The first-order valence-electron chi connectivity index (χ1n) is 48.6. The quantitative estimate of drug-likeness (QED) is 0.121. The van der Waals surface area contributed by atoms with Gasteiger partial charge in [-0.1, -0.05) is 431 Å². The first-order chi connectivity index (χ1) is 70.9. The molecule has 0 saturated heterocycles. The van der Waals surface area contributed by atoms with Crippen molar-refractivity contribution in [1.82, 2.24) is 43.6 Å². The van der Waals surface area contributed by atoms with Crippen LogP contribution >= 0.6 is 0 Å². The minimum atomic E-state index is 0.710. The summed E-state index contributed by atoms with van der Waals surface area (Å²) in [7, 11) is 0. The molecule has 0 bridgehead atoms. The first kappa shape index (κ1) is 83.2. The van der Waals surface area contributed by atoms with Crippen LogP contribution in [0, 0.1) is 0 Å². The normalized spacial score (nSPS) is 11.6. The van der Waals surface area contributed by atoms with Crippen molar-refractivity contribution in [2.75, 3.05) is 0 Å². The number of hydrogen-bond acceptors (Lipinski definition) is 6. The molecule has 666 valence electrons. The van der Waals surface area contributed by atoms with E-state index in [-0.39, 0.29) is 0 Å². The van der Waals surface area contributed by atoms with Crippen LogP contribution in [0.4, 0.5) is 0 Å². The molecule has 0 radical (unpaired) electrons. The van der Waals surface area contributed by atoms with Crippen molar-refractivity contribution < 1.29 is 0 Å². The first-order valence-corrected chi connectivity index (χ1v) is 48.6. The Kier molecular flexibility index (Phi) is 20.4. The van der Waals surface area contributed by atoms with Gasteiger partial charge in [0.15, 0.2) is 17.5 Å². The summed E-state index contributed by atoms with van der Waals surface area (Å²) in [5.41, 5.74) is 25.3. The number of fused-ring (bicyclic) bond motifs is 23. The number of benzene rings is 23. The Balaban J connectivity index is 0.000000107. The Morgan fingerprint density at radius 2 is 0.378 bits per heavy atom. The third-order valence-electron chi connectivity index (χ3n) is 28.3. The van der Waals surface area contributed by atoms with Gasteiger partial charge in [0.25, 0.3) is 0 Å². The lowest BCUT2D eigenvalue weighted by atomic mass is 9.98. The van der Waals surface area contributed by atoms with Gasteiger partial charge >= 0.3 is 0 Å². The van der Waals surface area contributed by atoms with Gasteiger partial charge in [-0.15, -0.1) is 0 Å². The zero-order valence-electron chi connectivity index (χ0n) is 77.6. The van der Waals surface area contributed by atoms with Crippen LogP contribution in [0.2, 0.25) is 0 Å². The third-order valence-corrected chi connectivity index (χ3v) is 28.3. The van der Waals surface area contributed by atoms with Gasteiger partial charge in [-0.25, -0.2) is 29.9 Å². The molecule has 0 spiro atoms. The van der Waals surface area contributed by atoms with Crippen LogP contribution in [0.1, 0.15) is 0 Å². The van der Waals surface area contributed by atoms with Gasteiger partial charge in [0.1, 0.15) is 0 Å². The van der Waals surface area contributed by atoms with Gasteiger partial charge in [-0.2, -0.15) is 0 Å². The minimum Gasteiger partial charge on any atom is -0.309 e. The molecule has 0 aliphatic heterocycles. The SMILES string of the molecule is c1ccc(-c2cc(-c3cc(-n4c5ccc6ccccc6c5c5c6ccccc6ccc54)c4ccccc4c3)nc(-c3ccccc3)n2)cc1.c1ccc(-c2cc(-c3ccc(-n4c5ccc6ccccc6c5c5c6ccccc6ccc54)c4ccccc34)nc(-c3ccccc3)n2)cc1.c1ccc(-c2cc(-c3ccc(-n4c5ccc6ccccc6c5c5c6ccccc6ccc54)cc3)nc(-c3ccccc3)n2)cc1. The summed E-state index contributed by atoms with van der Waals surface area (Å²) in [6.07, 6.45) is 0. The molecule has 6 aromatic heterocycles. The zero-order valence-corrected chi connectivity index (χ0v) is 77.6. The van der Waals surface area contributed by atoms with Crippen molar-refractivity contribution in [2.24, 2.45) is 0 Å². The lowest BCUT2D eigenvalue weighted by molar-refractivity contribution is 1.17. The van der Waals surface area contributed by atoms with Gasteiger partial charge < -0.3 is 13.7 Å². The standard InChI is InChI=1S/2C46H29N3.C42H27N3/c1-3-15-32(16-4-1)39-29-40(48-46(47-39)33-17-5-2-6-18-33)35-27-34-19-9-10-20-36(34)43(28-35)49-41-25-23-30-13-7-11-21-37(30)44(41)45-38-22-12-8-14-31(38)24-26-42(45)49;1-3-15-32(16-4-1)39-29-40(48-46(47-39)33-17-5-2-6-18-33)37-25-28-41(38-22-12-11-21-36(37)38)49-42-26-23-30-13-7-9-19-34(30)44(42)45-35-20-10-8-14-31(35)24-27-43(45)49;1-3-13-30(14-4-1)36-27-37(44-42(43-36)32-15-5-2-6-16-32)31-19-23-33(24-20-31)45-38-25-21-28-11-7-9-17-34(28)40(38)41-35-18-10-8-12-29(35)22-26-39(41)45/h2*1-29H;1-27H. The van der Waals surface area contributed by atoms with E-state index in [0.29, 0.717) is 11.6 Å². The highest BCUT2D eigenvalue weighted by atomic mass is 15.0. The fourth-order valence-corrected chi connectivity index (χ4v) is 21.7. The minimum absolute atomic E-state index is 0.710. The number of hydrogen-bond donors (Lipinski definition) is 0. The third kappa shape index (κ3) is 14.6. The average Bonchev–Trinajstić information content (AvgIpc) is 1.56. The predicted molar refractivity (Wildman–Crippen MR) is 598 cm³/mol. The smallest absolute Gasteiger partial charge is 0.160 e. The van der Waals surface area contributed by atoms with E-state index < -0.39 is 0 Å². The fourth-order valence-electron chi connectivity index (χ4n) is 21.7. The summed E-state index contributed by atoms with van der Waals surface area (Å²) in [5, 5.41) is 27.4. The Bertz CT molecular complexity index is 9630. The summed E-state index contributed by atoms with van der Waals surface area (Å²) < 4.78 is 7.32. The maximum Gasteiger partial charge on any atom is 0.160 e. The molecule has 0 atom stereocenters. The molecule has 0 unspecified atom stereocenters. The molecule has 0 aliphatic carbocycles. The van der Waals surface area contributed by atoms with Crippen LogP contribution in [-0.4, -0.2) is 43.6 Å². The number of nitrogens with zero attached hydrogens (tertiary/aromatic N) is 9. The van der Waals surface area contributed by atoms with E-state index in [1.54, 1.807) is 0 Å². The van der Waals surface area contributed by atoms with E-state index >= 15 is 0 Å². The van der Waals surface area contributed by atoms with Gasteiger partial charge in [-0.3, -0.25) is 0 Å². The van der Waals surface area contributed by atoms with E-state index in [2.05, 4.69) is 444 Å². The molecule has 29 rings (SSSR count). The molecule has 9 heteroatoms. The van der Waals surface area contributed by atoms with Gasteiger partial charge in [0.2, 0.25) is 0 Å². The summed E-state index contributed by atoms with van der Waals surface area (Å²) in [4.78, 5) is 30.5. The number of aromatic nitrogens is 9. The van der Waals surface area contributed by atoms with Crippen LogP contribution in [-0.2, 0) is 0 Å². The summed E-state index contributed by atoms with van der Waals surface area (Å²) in [6, 6.07) is 183. The lowest BCUT2D eigenvalue weighted by Gasteiger charge is -2.16. The van der Waals surface area contributed by atoms with Crippen molar-refractivity contribution in [2.45, 2.75) is 0 Å². The van der Waals surface area contributed by atoms with Gasteiger partial charge in [0.05, 0.1) is 78.6 Å². The van der Waals surface area contributed by atoms with Crippen molar-refractivity contribution in [3.8, 4) is 119 Å². The van der Waals surface area contributed by atoms with Crippen LogP contribution in [0.5, 0.6) is 0 Å². The van der Waals surface area contributed by atoms with Crippen LogP contribution in [0.15, 0.2) is 516 Å². The van der Waals surface area contributed by atoms with Crippen LogP contribution < -0.4 is 0 Å². The van der Waals surface area contributed by atoms with Gasteiger partial charge in [-0.05, 0) is 160 Å². The molecule has 0 N–H and O–H groups in total. The van der Waals surface area contributed by atoms with Crippen LogP contribution in [0.25, 0.3) is 270 Å². The maximum absolute atomic E-state index is 5.21. The fraction of sp³-hybridized carbons (Fsp3) is 0. The van der Waals surface area contributed by atoms with E-state index in [4.69, 9.17) is 29.9 Å². The Hall–Kier alpha value is -19.2. The predicted octanol–water partition coefficient (Wildman–Crippen LogP) is 34.9. The largest absolute Gasteiger partial charge is 0.309 e. The number of rotatable bonds is 12. The molecule has 29 aromatic rings. The summed E-state index contributed by atoms with van der Waals surface area (Å²) in [6.45, 7) is 0. The molecule has 0 fully saturated rings. The van der Waals surface area contributed by atoms with E-state index in [1.807, 2.05) is 84.9 Å². The molecule has 143 heavy (non-hydrogen) atoms. The molecular weight excluding hydrogens is 1740 g/mol. The van der Waals surface area contributed by atoms with Crippen molar-refractivity contribution >= 4 is 152 Å². The molecule has 0 aliphatic rings. The molecular formula is C134H85N9. The molecule has 6 heterocycles. The highest BCUT2D eigenvalue weighted by Gasteiger charge is 2.26. The van der Waals surface area contributed by atoms with Crippen molar-refractivity contribution in [3.63, 3.8) is 0 Å². The average molecular weight is 1820 g/mol. The van der Waals surface area contributed by atoms with Crippen molar-refractivity contribution in [3.05, 3.63) is 516 Å². The second-order valence-corrected chi connectivity index (χ2v) is 36.6. The topological polar surface area (TPSA) is 92.1 Å². The molecule has 0 saturated carbocycles. The van der Waals surface area contributed by atoms with E-state index in [1.165, 1.54) is 141 Å². The highest BCUT2D eigenvalue weighted by molar-refractivity contribution is 6.32. The lowest BCUT2D eigenvalue weighted by Crippen LogP contribution is -1.99. The zero-order chi connectivity index (χ0) is 94.4. The highest BCUT2D eigenvalue weighted by Crippen LogP contribution is 2.48. The monoisotopic (exact) mass is 1820 g/mol. The van der Waals surface area contributed by atoms with Crippen molar-refractivity contribution in [1.29, 1.82) is 0 Å². The Morgan fingerprint density at radius 3 is 0.713 bits per heavy atom. The Labute approximate surface area is 823 Å². The summed E-state index contributed by atoms with van der Waals surface area (Å²) in [5.74, 6) is 2.14. The second kappa shape index (κ2) is 35.1. The van der Waals surface area contributed by atoms with Gasteiger partial charge in [0, 0.05) is 98.8 Å². The molecule has 23 aromatic carbocycles. The summed E-state index contributed by atoms with van der Waals surface area (Å²) >= 11 is 0.